The fourth-order valence-corrected chi connectivity index (χ4v) is 3.79. The van der Waals surface area contributed by atoms with Gasteiger partial charge >= 0.3 is 0 Å². The first-order valence-corrected chi connectivity index (χ1v) is 10.1. The molecule has 0 aliphatic carbocycles. The minimum atomic E-state index is -0.535. The Morgan fingerprint density at radius 1 is 1.10 bits per heavy atom. The molecule has 2 amide bonds. The molecule has 3 aromatic rings. The van der Waals surface area contributed by atoms with Crippen molar-refractivity contribution in [2.24, 2.45) is 0 Å². The third kappa shape index (κ3) is 3.95. The van der Waals surface area contributed by atoms with Crippen molar-refractivity contribution in [2.75, 3.05) is 11.4 Å². The largest absolute Gasteiger partial charge is 0.325 e. The van der Waals surface area contributed by atoms with Crippen LogP contribution in [0.2, 0.25) is 0 Å². The number of hydrogen-bond acceptors (Lipinski definition) is 6. The summed E-state index contributed by atoms with van der Waals surface area (Å²) < 4.78 is 15.2. The number of anilines is 2. The predicted molar refractivity (Wildman–Crippen MR) is 116 cm³/mol. The molecular formula is C22H17FN4O2S. The third-order valence-electron chi connectivity index (χ3n) is 4.52. The fraction of sp³-hybridized carbons (Fsp3) is 0.0909. The Morgan fingerprint density at radius 3 is 2.60 bits per heavy atom. The van der Waals surface area contributed by atoms with Gasteiger partial charge in [0.25, 0.3) is 11.1 Å². The van der Waals surface area contributed by atoms with Crippen LogP contribution < -0.4 is 10.2 Å². The van der Waals surface area contributed by atoms with E-state index in [0.717, 1.165) is 17.4 Å². The lowest BCUT2D eigenvalue weighted by atomic mass is 10.1. The maximum Gasteiger partial charge on any atom is 0.290 e. The highest BCUT2D eigenvalue weighted by atomic mass is 32.2. The Balaban J connectivity index is 1.72. The van der Waals surface area contributed by atoms with Gasteiger partial charge in [0.05, 0.1) is 23.0 Å². The average molecular weight is 420 g/mol. The van der Waals surface area contributed by atoms with Gasteiger partial charge in [-0.2, -0.15) is 0 Å². The number of benzene rings is 2. The van der Waals surface area contributed by atoms with Crippen molar-refractivity contribution in [1.29, 1.82) is 0 Å². The van der Waals surface area contributed by atoms with Crippen molar-refractivity contribution in [3.63, 3.8) is 0 Å². The molecule has 8 heteroatoms. The van der Waals surface area contributed by atoms with Crippen LogP contribution >= 0.6 is 11.8 Å². The van der Waals surface area contributed by atoms with Gasteiger partial charge in [0.2, 0.25) is 0 Å². The fourth-order valence-electron chi connectivity index (χ4n) is 3.12. The molecule has 1 aliphatic heterocycles. The molecule has 0 unspecified atom stereocenters. The number of nitrogens with one attached hydrogen (secondary N) is 1. The van der Waals surface area contributed by atoms with Gasteiger partial charge in [-0.15, -0.1) is 0 Å². The minimum absolute atomic E-state index is 0.150. The first-order valence-electron chi connectivity index (χ1n) is 9.25. The Morgan fingerprint density at radius 2 is 1.90 bits per heavy atom. The lowest BCUT2D eigenvalue weighted by Crippen LogP contribution is -2.18. The molecule has 1 fully saturated rings. The van der Waals surface area contributed by atoms with Crippen molar-refractivity contribution in [2.45, 2.75) is 6.92 Å². The number of halogens is 1. The second-order valence-electron chi connectivity index (χ2n) is 6.40. The number of aromatic nitrogens is 2. The topological polar surface area (TPSA) is 75.2 Å². The molecule has 30 heavy (non-hydrogen) atoms. The zero-order chi connectivity index (χ0) is 21.1. The number of para-hydroxylation sites is 1. The van der Waals surface area contributed by atoms with Gasteiger partial charge in [-0.25, -0.2) is 9.37 Å². The average Bonchev–Trinajstić information content (AvgIpc) is 3.08. The Kier molecular flexibility index (Phi) is 5.58. The molecule has 1 aromatic heterocycles. The van der Waals surface area contributed by atoms with E-state index >= 15 is 4.39 Å². The summed E-state index contributed by atoms with van der Waals surface area (Å²) in [5.74, 6) is -0.467. The monoisotopic (exact) mass is 420 g/mol. The van der Waals surface area contributed by atoms with Crippen LogP contribution in [0, 0.1) is 5.82 Å². The molecule has 150 valence electrons. The van der Waals surface area contributed by atoms with Crippen molar-refractivity contribution < 1.29 is 14.0 Å². The molecule has 0 radical (unpaired) electrons. The molecule has 6 nitrogen and oxygen atoms in total. The van der Waals surface area contributed by atoms with Crippen LogP contribution in [0.1, 0.15) is 12.5 Å². The number of carbonyl (C=O) groups excluding carboxylic acids is 2. The molecular weight excluding hydrogens is 403 g/mol. The molecule has 0 saturated carbocycles. The van der Waals surface area contributed by atoms with Crippen LogP contribution in [0.5, 0.6) is 0 Å². The van der Waals surface area contributed by atoms with E-state index in [0.29, 0.717) is 18.1 Å². The maximum atomic E-state index is 15.2. The third-order valence-corrected chi connectivity index (χ3v) is 5.33. The summed E-state index contributed by atoms with van der Waals surface area (Å²) in [6, 6.07) is 14.6. The molecule has 0 spiro atoms. The SMILES string of the molecule is CCN(c1ccccc1)c1cncc(-c2cccc(/C=C3/SC(=O)NC3=O)c2F)n1. The molecule has 2 heterocycles. The second kappa shape index (κ2) is 8.46. The molecule has 1 aliphatic rings. The van der Waals surface area contributed by atoms with Crippen LogP contribution in [-0.4, -0.2) is 27.7 Å². The van der Waals surface area contributed by atoms with Crippen molar-refractivity contribution in [1.82, 2.24) is 15.3 Å². The number of thioether (sulfide) groups is 1. The van der Waals surface area contributed by atoms with Crippen molar-refractivity contribution in [3.8, 4) is 11.3 Å². The zero-order valence-corrected chi connectivity index (χ0v) is 16.8. The highest BCUT2D eigenvalue weighted by molar-refractivity contribution is 8.18. The first-order chi connectivity index (χ1) is 14.6. The van der Waals surface area contributed by atoms with E-state index in [1.54, 1.807) is 24.4 Å². The van der Waals surface area contributed by atoms with E-state index < -0.39 is 17.0 Å². The molecule has 0 bridgehead atoms. The lowest BCUT2D eigenvalue weighted by Gasteiger charge is -2.22. The summed E-state index contributed by atoms with van der Waals surface area (Å²) in [6.07, 6.45) is 4.50. The smallest absolute Gasteiger partial charge is 0.290 e. The number of hydrogen-bond donors (Lipinski definition) is 1. The Hall–Kier alpha value is -3.52. The van der Waals surface area contributed by atoms with E-state index in [9.17, 15) is 9.59 Å². The summed E-state index contributed by atoms with van der Waals surface area (Å²) in [7, 11) is 0. The van der Waals surface area contributed by atoms with Gasteiger partial charge in [-0.1, -0.05) is 30.3 Å². The highest BCUT2D eigenvalue weighted by Gasteiger charge is 2.25. The lowest BCUT2D eigenvalue weighted by molar-refractivity contribution is -0.115. The predicted octanol–water partition coefficient (Wildman–Crippen LogP) is 4.76. The van der Waals surface area contributed by atoms with E-state index in [1.165, 1.54) is 12.3 Å². The van der Waals surface area contributed by atoms with Gasteiger partial charge in [0.15, 0.2) is 5.82 Å². The zero-order valence-electron chi connectivity index (χ0n) is 16.0. The Labute approximate surface area is 176 Å². The summed E-state index contributed by atoms with van der Waals surface area (Å²) >= 11 is 0.746. The molecule has 1 N–H and O–H groups in total. The van der Waals surface area contributed by atoms with Crippen LogP contribution in [0.25, 0.3) is 17.3 Å². The van der Waals surface area contributed by atoms with Gasteiger partial charge in [-0.05, 0) is 43.0 Å². The van der Waals surface area contributed by atoms with Crippen LogP contribution in [-0.2, 0) is 4.79 Å². The van der Waals surface area contributed by atoms with Crippen LogP contribution in [0.3, 0.4) is 0 Å². The summed E-state index contributed by atoms with van der Waals surface area (Å²) in [5, 5.41) is 1.69. The van der Waals surface area contributed by atoms with E-state index in [-0.39, 0.29) is 16.0 Å². The van der Waals surface area contributed by atoms with Gasteiger partial charge in [0, 0.05) is 23.4 Å². The Bertz CT molecular complexity index is 1150. The minimum Gasteiger partial charge on any atom is -0.325 e. The molecule has 4 rings (SSSR count). The highest BCUT2D eigenvalue weighted by Crippen LogP contribution is 2.30. The van der Waals surface area contributed by atoms with Gasteiger partial charge < -0.3 is 4.90 Å². The quantitative estimate of drug-likeness (QED) is 0.600. The molecule has 0 atom stereocenters. The van der Waals surface area contributed by atoms with Crippen LogP contribution in [0.15, 0.2) is 65.8 Å². The summed E-state index contributed by atoms with van der Waals surface area (Å²) in [6.45, 7) is 2.66. The van der Waals surface area contributed by atoms with Crippen molar-refractivity contribution >= 4 is 40.5 Å². The normalized spacial score (nSPS) is 14.8. The van der Waals surface area contributed by atoms with Gasteiger partial charge in [-0.3, -0.25) is 19.9 Å². The van der Waals surface area contributed by atoms with Crippen molar-refractivity contribution in [3.05, 3.63) is 77.2 Å². The number of nitrogens with zero attached hydrogens (tertiary/aromatic N) is 3. The standard InChI is InChI=1S/C22H17FN4O2S/c1-2-27(15-8-4-3-5-9-15)19-13-24-12-17(25-19)16-10-6-7-14(20(16)23)11-18-21(28)26-22(29)30-18/h3-13H,2H2,1H3,(H,26,28,29)/b18-11+. The van der Waals surface area contributed by atoms with Gasteiger partial charge in [0.1, 0.15) is 5.82 Å². The number of carbonyl (C=O) groups is 2. The first kappa shape index (κ1) is 19.8. The summed E-state index contributed by atoms with van der Waals surface area (Å²) in [4.78, 5) is 34.1. The van der Waals surface area contributed by atoms with Crippen LogP contribution in [0.4, 0.5) is 20.7 Å². The summed E-state index contributed by atoms with van der Waals surface area (Å²) in [5.41, 5.74) is 1.79. The number of imide groups is 1. The molecule has 1 saturated heterocycles. The van der Waals surface area contributed by atoms with E-state index in [2.05, 4.69) is 15.3 Å². The maximum absolute atomic E-state index is 15.2. The van der Waals surface area contributed by atoms with E-state index in [1.807, 2.05) is 42.2 Å². The second-order valence-corrected chi connectivity index (χ2v) is 7.42. The van der Waals surface area contributed by atoms with E-state index in [4.69, 9.17) is 0 Å². The number of rotatable bonds is 5. The number of amides is 2. The molecule has 2 aromatic carbocycles.